The summed E-state index contributed by atoms with van der Waals surface area (Å²) in [7, 11) is 0. The molecule has 0 atom stereocenters. The average Bonchev–Trinajstić information content (AvgIpc) is 2.16. The molecular formula is C9H7FN2O2. The predicted octanol–water partition coefficient (Wildman–Crippen LogP) is 0.854. The molecule has 0 amide bonds. The van der Waals surface area contributed by atoms with Gasteiger partial charge >= 0.3 is 5.97 Å². The van der Waals surface area contributed by atoms with Crippen LogP contribution >= 0.6 is 0 Å². The van der Waals surface area contributed by atoms with E-state index < -0.39 is 11.8 Å². The van der Waals surface area contributed by atoms with E-state index in [0.29, 0.717) is 0 Å². The molecule has 0 fully saturated rings. The SMILES string of the molecule is N#Cc1c(F)cc(C(=O)O)cc1CN. The molecule has 0 spiro atoms. The number of hydrogen-bond acceptors (Lipinski definition) is 3. The highest BCUT2D eigenvalue weighted by Gasteiger charge is 2.12. The Labute approximate surface area is 79.4 Å². The molecule has 1 aromatic carbocycles. The van der Waals surface area contributed by atoms with Gasteiger partial charge in [0.15, 0.2) is 0 Å². The number of carbonyl (C=O) groups is 1. The molecule has 0 aliphatic rings. The molecule has 0 unspecified atom stereocenters. The molecule has 5 heteroatoms. The molecule has 0 saturated heterocycles. The van der Waals surface area contributed by atoms with Crippen molar-refractivity contribution in [3.05, 3.63) is 34.6 Å². The summed E-state index contributed by atoms with van der Waals surface area (Å²) in [6.45, 7) is -0.0685. The van der Waals surface area contributed by atoms with Crippen molar-refractivity contribution in [2.45, 2.75) is 6.54 Å². The second-order valence-electron chi connectivity index (χ2n) is 2.61. The number of hydrogen-bond donors (Lipinski definition) is 2. The maximum atomic E-state index is 13.1. The molecule has 4 nitrogen and oxygen atoms in total. The maximum Gasteiger partial charge on any atom is 0.335 e. The van der Waals surface area contributed by atoms with Crippen LogP contribution in [-0.2, 0) is 6.54 Å². The summed E-state index contributed by atoms with van der Waals surface area (Å²) in [6, 6.07) is 3.64. The van der Waals surface area contributed by atoms with Crippen molar-refractivity contribution in [1.29, 1.82) is 5.26 Å². The Bertz CT molecular complexity index is 424. The van der Waals surface area contributed by atoms with Crippen molar-refractivity contribution in [1.82, 2.24) is 0 Å². The molecule has 3 N–H and O–H groups in total. The third kappa shape index (κ3) is 1.70. The maximum absolute atomic E-state index is 13.1. The minimum Gasteiger partial charge on any atom is -0.478 e. The molecule has 14 heavy (non-hydrogen) atoms. The van der Waals surface area contributed by atoms with E-state index in [1.807, 2.05) is 0 Å². The smallest absolute Gasteiger partial charge is 0.335 e. The molecule has 0 heterocycles. The molecule has 0 aromatic heterocycles. The minimum absolute atomic E-state index is 0.0685. The van der Waals surface area contributed by atoms with Gasteiger partial charge in [0.25, 0.3) is 0 Å². The first-order chi connectivity index (χ1) is 6.60. The fourth-order valence-electron chi connectivity index (χ4n) is 1.07. The Morgan fingerprint density at radius 2 is 2.29 bits per heavy atom. The Morgan fingerprint density at radius 3 is 2.71 bits per heavy atom. The fourth-order valence-corrected chi connectivity index (χ4v) is 1.07. The van der Waals surface area contributed by atoms with Crippen molar-refractivity contribution >= 4 is 5.97 Å². The van der Waals surface area contributed by atoms with Crippen LogP contribution < -0.4 is 5.73 Å². The third-order valence-corrected chi connectivity index (χ3v) is 1.75. The normalized spacial score (nSPS) is 9.50. The van der Waals surface area contributed by atoms with Gasteiger partial charge in [-0.3, -0.25) is 0 Å². The number of aromatic carboxylic acids is 1. The van der Waals surface area contributed by atoms with Crippen molar-refractivity contribution in [3.63, 3.8) is 0 Å². The minimum atomic E-state index is -1.25. The lowest BCUT2D eigenvalue weighted by Crippen LogP contribution is -2.06. The van der Waals surface area contributed by atoms with Crippen LogP contribution in [0, 0.1) is 17.1 Å². The topological polar surface area (TPSA) is 87.1 Å². The summed E-state index contributed by atoms with van der Waals surface area (Å²) in [5.41, 5.74) is 5.05. The van der Waals surface area contributed by atoms with Gasteiger partial charge in [-0.25, -0.2) is 9.18 Å². The molecule has 0 bridgehead atoms. The molecule has 0 radical (unpaired) electrons. The van der Waals surface area contributed by atoms with E-state index in [0.717, 1.165) is 6.07 Å². The largest absolute Gasteiger partial charge is 0.478 e. The molecular weight excluding hydrogens is 187 g/mol. The number of carboxylic acid groups (broad SMARTS) is 1. The van der Waals surface area contributed by atoms with Gasteiger partial charge in [0.2, 0.25) is 0 Å². The number of benzene rings is 1. The van der Waals surface area contributed by atoms with Gasteiger partial charge in [0.05, 0.1) is 11.1 Å². The standard InChI is InChI=1S/C9H7FN2O2/c10-8-2-5(9(13)14)1-6(3-11)7(8)4-12/h1-2H,3,11H2,(H,13,14). The number of nitrogens with two attached hydrogens (primary N) is 1. The number of halogens is 1. The van der Waals surface area contributed by atoms with Crippen LogP contribution in [-0.4, -0.2) is 11.1 Å². The van der Waals surface area contributed by atoms with Crippen LogP contribution in [0.1, 0.15) is 21.5 Å². The first-order valence-electron chi connectivity index (χ1n) is 3.76. The summed E-state index contributed by atoms with van der Waals surface area (Å²) in [4.78, 5) is 10.5. The molecule has 0 aliphatic carbocycles. The van der Waals surface area contributed by atoms with E-state index in [1.54, 1.807) is 6.07 Å². The highest BCUT2D eigenvalue weighted by Crippen LogP contribution is 2.15. The summed E-state index contributed by atoms with van der Waals surface area (Å²) in [5.74, 6) is -2.10. The predicted molar refractivity (Wildman–Crippen MR) is 46.0 cm³/mol. The van der Waals surface area contributed by atoms with Gasteiger partial charge in [-0.15, -0.1) is 0 Å². The second kappa shape index (κ2) is 3.85. The first-order valence-corrected chi connectivity index (χ1v) is 3.76. The summed E-state index contributed by atoms with van der Waals surface area (Å²) in [5, 5.41) is 17.2. The zero-order valence-electron chi connectivity index (χ0n) is 7.12. The van der Waals surface area contributed by atoms with Crippen molar-refractivity contribution in [3.8, 4) is 6.07 Å². The molecule has 1 aromatic rings. The summed E-state index contributed by atoms with van der Waals surface area (Å²) < 4.78 is 13.1. The van der Waals surface area contributed by atoms with E-state index in [9.17, 15) is 9.18 Å². The lowest BCUT2D eigenvalue weighted by atomic mass is 10.0. The van der Waals surface area contributed by atoms with E-state index in [-0.39, 0.29) is 23.2 Å². The van der Waals surface area contributed by atoms with Gasteiger partial charge in [0.1, 0.15) is 11.9 Å². The van der Waals surface area contributed by atoms with Crippen molar-refractivity contribution < 1.29 is 14.3 Å². The van der Waals surface area contributed by atoms with E-state index in [4.69, 9.17) is 16.1 Å². The Balaban J connectivity index is 3.40. The van der Waals surface area contributed by atoms with Crippen LogP contribution in [0.2, 0.25) is 0 Å². The van der Waals surface area contributed by atoms with Gasteiger partial charge in [-0.05, 0) is 17.7 Å². The molecule has 0 saturated carbocycles. The zero-order chi connectivity index (χ0) is 10.7. The molecule has 0 aliphatic heterocycles. The fraction of sp³-hybridized carbons (Fsp3) is 0.111. The molecule has 72 valence electrons. The van der Waals surface area contributed by atoms with E-state index in [2.05, 4.69) is 0 Å². The summed E-state index contributed by atoms with van der Waals surface area (Å²) in [6.07, 6.45) is 0. The van der Waals surface area contributed by atoms with Crippen LogP contribution in [0.5, 0.6) is 0 Å². The summed E-state index contributed by atoms with van der Waals surface area (Å²) >= 11 is 0. The highest BCUT2D eigenvalue weighted by molar-refractivity contribution is 5.88. The Morgan fingerprint density at radius 1 is 1.64 bits per heavy atom. The van der Waals surface area contributed by atoms with Gasteiger partial charge in [-0.1, -0.05) is 0 Å². The lowest BCUT2D eigenvalue weighted by molar-refractivity contribution is 0.0696. The van der Waals surface area contributed by atoms with Crippen LogP contribution in [0.15, 0.2) is 12.1 Å². The second-order valence-corrected chi connectivity index (χ2v) is 2.61. The third-order valence-electron chi connectivity index (χ3n) is 1.75. The van der Waals surface area contributed by atoms with Gasteiger partial charge in [0, 0.05) is 6.54 Å². The number of rotatable bonds is 2. The zero-order valence-corrected chi connectivity index (χ0v) is 7.12. The van der Waals surface area contributed by atoms with Crippen LogP contribution in [0.25, 0.3) is 0 Å². The Hall–Kier alpha value is -1.93. The van der Waals surface area contributed by atoms with Crippen LogP contribution in [0.4, 0.5) is 4.39 Å². The van der Waals surface area contributed by atoms with Gasteiger partial charge in [-0.2, -0.15) is 5.26 Å². The van der Waals surface area contributed by atoms with Crippen LogP contribution in [0.3, 0.4) is 0 Å². The highest BCUT2D eigenvalue weighted by atomic mass is 19.1. The number of nitrogens with zero attached hydrogens (tertiary/aromatic N) is 1. The Kier molecular flexibility index (Phi) is 2.79. The van der Waals surface area contributed by atoms with E-state index >= 15 is 0 Å². The average molecular weight is 194 g/mol. The van der Waals surface area contributed by atoms with E-state index in [1.165, 1.54) is 6.07 Å². The number of nitriles is 1. The first kappa shape index (κ1) is 10.2. The number of carboxylic acids is 1. The van der Waals surface area contributed by atoms with Crippen molar-refractivity contribution in [2.75, 3.05) is 0 Å². The quantitative estimate of drug-likeness (QED) is 0.730. The monoisotopic (exact) mass is 194 g/mol. The van der Waals surface area contributed by atoms with Crippen molar-refractivity contribution in [2.24, 2.45) is 5.73 Å². The van der Waals surface area contributed by atoms with Gasteiger partial charge < -0.3 is 10.8 Å². The molecule has 1 rings (SSSR count). The lowest BCUT2D eigenvalue weighted by Gasteiger charge is -2.03.